The number of carbonyl (C=O) groups excluding carboxylic acids is 1. The zero-order valence-corrected chi connectivity index (χ0v) is 14.4. The molecule has 0 fully saturated rings. The summed E-state index contributed by atoms with van der Waals surface area (Å²) >= 11 is 0. The quantitative estimate of drug-likeness (QED) is 0.480. The van der Waals surface area contributed by atoms with E-state index in [2.05, 4.69) is 10.6 Å². The van der Waals surface area contributed by atoms with E-state index in [4.69, 9.17) is 0 Å². The van der Waals surface area contributed by atoms with Gasteiger partial charge < -0.3 is 10.6 Å². The smallest absolute Gasteiger partial charge is 0.289 e. The number of rotatable bonds is 6. The number of nitro benzene ring substituents is 2. The molecule has 0 radical (unpaired) electrons. The number of nitro groups is 2. The number of anilines is 3. The van der Waals surface area contributed by atoms with Crippen molar-refractivity contribution in [2.24, 2.45) is 0 Å². The van der Waals surface area contributed by atoms with E-state index in [9.17, 15) is 25.0 Å². The molecule has 0 atom stereocenters. The second kappa shape index (κ2) is 7.96. The summed E-state index contributed by atoms with van der Waals surface area (Å²) < 4.78 is 0. The van der Waals surface area contributed by atoms with Crippen LogP contribution < -0.4 is 10.6 Å². The fourth-order valence-corrected chi connectivity index (χ4v) is 2.50. The van der Waals surface area contributed by atoms with Gasteiger partial charge in [-0.05, 0) is 42.5 Å². The number of para-hydroxylation sites is 1. The maximum atomic E-state index is 12.4. The molecule has 0 aliphatic heterocycles. The maximum absolute atomic E-state index is 12.4. The highest BCUT2D eigenvalue weighted by Gasteiger charge is 2.24. The lowest BCUT2D eigenvalue weighted by Crippen LogP contribution is -2.14. The summed E-state index contributed by atoms with van der Waals surface area (Å²) in [7, 11) is 0. The second-order valence-corrected chi connectivity index (χ2v) is 5.74. The fraction of sp³-hybridized carbons (Fsp3) is 0. The third kappa shape index (κ3) is 4.28. The Bertz CT molecular complexity index is 1040. The van der Waals surface area contributed by atoms with Crippen molar-refractivity contribution in [3.05, 3.63) is 98.6 Å². The first-order valence-electron chi connectivity index (χ1n) is 8.10. The Morgan fingerprint density at radius 1 is 0.750 bits per heavy atom. The van der Waals surface area contributed by atoms with Gasteiger partial charge in [-0.3, -0.25) is 25.0 Å². The zero-order valence-electron chi connectivity index (χ0n) is 14.4. The van der Waals surface area contributed by atoms with Gasteiger partial charge in [0.2, 0.25) is 0 Å². The van der Waals surface area contributed by atoms with Crippen LogP contribution in [0, 0.1) is 20.2 Å². The van der Waals surface area contributed by atoms with E-state index >= 15 is 0 Å². The third-order valence-corrected chi connectivity index (χ3v) is 3.84. The summed E-state index contributed by atoms with van der Waals surface area (Å²) in [6.07, 6.45) is 0. The van der Waals surface area contributed by atoms with Crippen molar-refractivity contribution in [1.29, 1.82) is 0 Å². The normalized spacial score (nSPS) is 10.1. The zero-order chi connectivity index (χ0) is 20.1. The molecule has 0 heterocycles. The lowest BCUT2D eigenvalue weighted by molar-refractivity contribution is -0.394. The van der Waals surface area contributed by atoms with Gasteiger partial charge in [0.15, 0.2) is 0 Å². The topological polar surface area (TPSA) is 127 Å². The van der Waals surface area contributed by atoms with Gasteiger partial charge in [0.25, 0.3) is 17.3 Å². The number of hydrogen-bond acceptors (Lipinski definition) is 6. The predicted molar refractivity (Wildman–Crippen MR) is 104 cm³/mol. The molecule has 3 aromatic carbocycles. The Hall–Kier alpha value is -4.27. The van der Waals surface area contributed by atoms with E-state index in [-0.39, 0.29) is 5.56 Å². The largest absolute Gasteiger partial charge is 0.356 e. The van der Waals surface area contributed by atoms with Crippen LogP contribution in [-0.4, -0.2) is 15.8 Å². The molecular formula is C19H14N4O5. The fourth-order valence-electron chi connectivity index (χ4n) is 2.50. The molecule has 0 unspecified atom stereocenters. The predicted octanol–water partition coefficient (Wildman–Crippen LogP) is 4.50. The summed E-state index contributed by atoms with van der Waals surface area (Å²) in [6, 6.07) is 19.2. The van der Waals surface area contributed by atoms with E-state index in [0.717, 1.165) is 29.6 Å². The summed E-state index contributed by atoms with van der Waals surface area (Å²) in [5.41, 5.74) is 0.776. The van der Waals surface area contributed by atoms with Crippen molar-refractivity contribution in [2.45, 2.75) is 0 Å². The summed E-state index contributed by atoms with van der Waals surface area (Å²) in [5.74, 6) is -0.731. The van der Waals surface area contributed by atoms with Crippen molar-refractivity contribution < 1.29 is 14.6 Å². The van der Waals surface area contributed by atoms with E-state index in [1.807, 2.05) is 30.3 Å². The summed E-state index contributed by atoms with van der Waals surface area (Å²) in [4.78, 5) is 32.8. The number of hydrogen-bond donors (Lipinski definition) is 2. The van der Waals surface area contributed by atoms with Crippen LogP contribution in [0.1, 0.15) is 10.4 Å². The summed E-state index contributed by atoms with van der Waals surface area (Å²) in [5, 5.41) is 27.7. The Labute approximate surface area is 158 Å². The highest BCUT2D eigenvalue weighted by Crippen LogP contribution is 2.26. The standard InChI is InChI=1S/C19H14N4O5/c24-19(17-11-10-16(22(25)26)12-18(17)23(27)28)21-15-8-6-14(7-9-15)20-13-4-2-1-3-5-13/h1-12,20H,(H,21,24). The van der Waals surface area contributed by atoms with Gasteiger partial charge in [-0.25, -0.2) is 0 Å². The first-order chi connectivity index (χ1) is 13.4. The number of nitrogens with zero attached hydrogens (tertiary/aromatic N) is 2. The van der Waals surface area contributed by atoms with E-state index in [1.165, 1.54) is 0 Å². The van der Waals surface area contributed by atoms with Gasteiger partial charge in [-0.15, -0.1) is 0 Å². The average molecular weight is 378 g/mol. The van der Waals surface area contributed by atoms with Crippen LogP contribution in [-0.2, 0) is 0 Å². The van der Waals surface area contributed by atoms with Crippen molar-refractivity contribution in [2.75, 3.05) is 10.6 Å². The first kappa shape index (κ1) is 18.5. The van der Waals surface area contributed by atoms with Crippen molar-refractivity contribution in [3.8, 4) is 0 Å². The highest BCUT2D eigenvalue weighted by molar-refractivity contribution is 6.07. The Morgan fingerprint density at radius 3 is 1.96 bits per heavy atom. The number of nitrogens with one attached hydrogen (secondary N) is 2. The molecule has 2 N–H and O–H groups in total. The average Bonchev–Trinajstić information content (AvgIpc) is 2.69. The molecule has 0 aliphatic rings. The molecule has 0 saturated heterocycles. The lowest BCUT2D eigenvalue weighted by atomic mass is 10.1. The molecule has 9 nitrogen and oxygen atoms in total. The van der Waals surface area contributed by atoms with Crippen molar-refractivity contribution in [1.82, 2.24) is 0 Å². The number of carbonyl (C=O) groups is 1. The van der Waals surface area contributed by atoms with E-state index in [1.54, 1.807) is 24.3 Å². The molecule has 1 amide bonds. The lowest BCUT2D eigenvalue weighted by Gasteiger charge is -2.09. The van der Waals surface area contributed by atoms with Crippen LogP contribution in [0.4, 0.5) is 28.4 Å². The minimum Gasteiger partial charge on any atom is -0.356 e. The summed E-state index contributed by atoms with van der Waals surface area (Å²) in [6.45, 7) is 0. The Balaban J connectivity index is 1.76. The highest BCUT2D eigenvalue weighted by atomic mass is 16.6. The Morgan fingerprint density at radius 2 is 1.36 bits per heavy atom. The molecule has 3 rings (SSSR count). The molecule has 0 saturated carbocycles. The van der Waals surface area contributed by atoms with Crippen LogP contribution in [0.2, 0.25) is 0 Å². The molecule has 28 heavy (non-hydrogen) atoms. The van der Waals surface area contributed by atoms with Crippen molar-refractivity contribution >= 4 is 34.3 Å². The molecule has 0 aromatic heterocycles. The van der Waals surface area contributed by atoms with Crippen LogP contribution in [0.3, 0.4) is 0 Å². The molecule has 3 aromatic rings. The molecular weight excluding hydrogens is 364 g/mol. The van der Waals surface area contributed by atoms with Crippen LogP contribution in [0.25, 0.3) is 0 Å². The molecule has 9 heteroatoms. The van der Waals surface area contributed by atoms with Gasteiger partial charge in [0.1, 0.15) is 5.56 Å². The molecule has 140 valence electrons. The third-order valence-electron chi connectivity index (χ3n) is 3.84. The number of benzene rings is 3. The molecule has 0 aliphatic carbocycles. The Kier molecular flexibility index (Phi) is 5.26. The monoisotopic (exact) mass is 378 g/mol. The van der Waals surface area contributed by atoms with E-state index in [0.29, 0.717) is 5.69 Å². The number of amides is 1. The SMILES string of the molecule is O=C(Nc1ccc(Nc2ccccc2)cc1)c1ccc([N+](=O)[O-])cc1[N+](=O)[O-]. The van der Waals surface area contributed by atoms with Gasteiger partial charge >= 0.3 is 0 Å². The maximum Gasteiger partial charge on any atom is 0.289 e. The van der Waals surface area contributed by atoms with Crippen LogP contribution >= 0.6 is 0 Å². The minimum atomic E-state index is -0.825. The number of non-ortho nitro benzene ring substituents is 1. The van der Waals surface area contributed by atoms with Gasteiger partial charge in [-0.1, -0.05) is 18.2 Å². The van der Waals surface area contributed by atoms with Crippen LogP contribution in [0.15, 0.2) is 72.8 Å². The second-order valence-electron chi connectivity index (χ2n) is 5.74. The van der Waals surface area contributed by atoms with Crippen molar-refractivity contribution in [3.63, 3.8) is 0 Å². The molecule has 0 bridgehead atoms. The van der Waals surface area contributed by atoms with Gasteiger partial charge in [0, 0.05) is 23.1 Å². The van der Waals surface area contributed by atoms with Gasteiger partial charge in [0.05, 0.1) is 15.9 Å². The molecule has 0 spiro atoms. The minimum absolute atomic E-state index is 0.262. The van der Waals surface area contributed by atoms with Gasteiger partial charge in [-0.2, -0.15) is 0 Å². The first-order valence-corrected chi connectivity index (χ1v) is 8.10. The van der Waals surface area contributed by atoms with E-state index < -0.39 is 27.1 Å². The van der Waals surface area contributed by atoms with Crippen LogP contribution in [0.5, 0.6) is 0 Å².